The summed E-state index contributed by atoms with van der Waals surface area (Å²) < 4.78 is 40.9. The maximum atomic E-state index is 14.5. The molecule has 0 radical (unpaired) electrons. The van der Waals surface area contributed by atoms with Crippen LogP contribution in [0.2, 0.25) is 5.02 Å². The van der Waals surface area contributed by atoms with Gasteiger partial charge in [-0.1, -0.05) is 54.9 Å². The van der Waals surface area contributed by atoms with E-state index in [4.69, 9.17) is 21.1 Å². The molecular weight excluding hydrogens is 704 g/mol. The Balaban J connectivity index is 1.41. The van der Waals surface area contributed by atoms with E-state index in [9.17, 15) is 23.1 Å². The van der Waals surface area contributed by atoms with Gasteiger partial charge in [-0.15, -0.1) is 0 Å². The second kappa shape index (κ2) is 17.5. The number of fused-ring (bicyclic) bond motifs is 2. The van der Waals surface area contributed by atoms with Crippen molar-refractivity contribution in [1.29, 1.82) is 0 Å². The summed E-state index contributed by atoms with van der Waals surface area (Å²) in [7, 11) is -2.36. The van der Waals surface area contributed by atoms with Crippen LogP contribution in [0.1, 0.15) is 50.4 Å². The van der Waals surface area contributed by atoms with E-state index in [1.54, 1.807) is 30.0 Å². The van der Waals surface area contributed by atoms with E-state index in [0.717, 1.165) is 23.6 Å². The fourth-order valence-corrected chi connectivity index (χ4v) is 7.53. The van der Waals surface area contributed by atoms with Crippen molar-refractivity contribution in [3.63, 3.8) is 0 Å². The van der Waals surface area contributed by atoms with E-state index in [1.165, 1.54) is 35.6 Å². The highest BCUT2D eigenvalue weighted by Gasteiger charge is 2.32. The number of hydrogen-bond donors (Lipinski definition) is 3. The molecule has 0 saturated carbocycles. The Morgan fingerprint density at radius 2 is 1.75 bits per heavy atom. The lowest BCUT2D eigenvalue weighted by atomic mass is 10.0. The summed E-state index contributed by atoms with van der Waals surface area (Å²) in [6.07, 6.45) is 1.38. The zero-order valence-electron chi connectivity index (χ0n) is 29.9. The Morgan fingerprint density at radius 1 is 1.02 bits per heavy atom. The van der Waals surface area contributed by atoms with Crippen molar-refractivity contribution in [1.82, 2.24) is 9.21 Å². The van der Waals surface area contributed by atoms with Gasteiger partial charge in [-0.2, -0.15) is 4.31 Å². The molecule has 11 nitrogen and oxygen atoms in total. The number of nitrogens with one attached hydrogen (secondary N) is 2. The maximum absolute atomic E-state index is 14.5. The molecular formula is C39H47ClN4O7S. The summed E-state index contributed by atoms with van der Waals surface area (Å²) in [5.74, 6) is -0.398. The molecule has 3 N–H and O–H groups in total. The summed E-state index contributed by atoms with van der Waals surface area (Å²) in [6.45, 7) is 5.84. The van der Waals surface area contributed by atoms with E-state index >= 15 is 0 Å². The summed E-state index contributed by atoms with van der Waals surface area (Å²) >= 11 is 6.00. The standard InChI is InChI=1S/C39H47ClN4O7S/c1-26-23-44(27(2)25-45)38(46)34-22-31(41-39(47)42-35-14-9-12-29-11-5-6-13-33(29)35)17-20-36(34)51-28(3)10-7-8-21-50-37(26)24-43(4)52(48,49)32-18-15-30(40)16-19-32/h5-6,9,11-20,22,26-28,37,45H,7-8,10,21,23-25H2,1-4H3,(H2,41,42,47)/t26-,27+,28-,37+/m0/s1. The smallest absolute Gasteiger partial charge is 0.323 e. The first kappa shape index (κ1) is 39.0. The number of halogens is 1. The topological polar surface area (TPSA) is 138 Å². The first-order valence-electron chi connectivity index (χ1n) is 17.5. The normalized spacial score (nSPS) is 19.7. The van der Waals surface area contributed by atoms with E-state index in [1.807, 2.05) is 56.3 Å². The van der Waals surface area contributed by atoms with Crippen molar-refractivity contribution < 1.29 is 32.6 Å². The summed E-state index contributed by atoms with van der Waals surface area (Å²) in [6, 6.07) is 23.2. The number of benzene rings is 4. The van der Waals surface area contributed by atoms with Gasteiger partial charge in [0.05, 0.1) is 41.0 Å². The van der Waals surface area contributed by atoms with Crippen LogP contribution < -0.4 is 15.4 Å². The molecule has 0 bridgehead atoms. The number of aliphatic hydroxyl groups is 1. The fraction of sp³-hybridized carbons (Fsp3) is 0.385. The van der Waals surface area contributed by atoms with Gasteiger partial charge in [-0.05, 0) is 87.0 Å². The number of carbonyl (C=O) groups is 2. The SMILES string of the molecule is C[C@H](CO)N1C[C@H](C)[C@@H](CN(C)S(=O)(=O)c2ccc(Cl)cc2)OCCCC[C@H](C)Oc2ccc(NC(=O)Nc3cccc4ccccc34)cc2C1=O. The van der Waals surface area contributed by atoms with Crippen LogP contribution in [0, 0.1) is 5.92 Å². The Labute approximate surface area is 310 Å². The minimum Gasteiger partial charge on any atom is -0.490 e. The summed E-state index contributed by atoms with van der Waals surface area (Å²) in [5, 5.41) is 18.4. The second-order valence-corrected chi connectivity index (χ2v) is 15.8. The molecule has 52 heavy (non-hydrogen) atoms. The molecule has 4 aromatic rings. The number of nitrogens with zero attached hydrogens (tertiary/aromatic N) is 2. The van der Waals surface area contributed by atoms with Gasteiger partial charge in [0.2, 0.25) is 10.0 Å². The second-order valence-electron chi connectivity index (χ2n) is 13.4. The molecule has 0 aromatic heterocycles. The van der Waals surface area contributed by atoms with E-state index in [0.29, 0.717) is 35.2 Å². The van der Waals surface area contributed by atoms with Crippen LogP contribution in [-0.2, 0) is 14.8 Å². The van der Waals surface area contributed by atoms with Crippen LogP contribution in [-0.4, -0.2) is 86.3 Å². The highest BCUT2D eigenvalue weighted by Crippen LogP contribution is 2.30. The van der Waals surface area contributed by atoms with Gasteiger partial charge in [-0.3, -0.25) is 4.79 Å². The van der Waals surface area contributed by atoms with Crippen LogP contribution in [0.4, 0.5) is 16.2 Å². The number of rotatable bonds is 8. The van der Waals surface area contributed by atoms with Crippen LogP contribution in [0.15, 0.2) is 89.8 Å². The Bertz CT molecular complexity index is 1950. The quantitative estimate of drug-likeness (QED) is 0.173. The van der Waals surface area contributed by atoms with Crippen molar-refractivity contribution >= 4 is 55.7 Å². The molecule has 1 heterocycles. The molecule has 1 aliphatic rings. The minimum absolute atomic E-state index is 0.0393. The first-order chi connectivity index (χ1) is 24.9. The molecule has 0 spiro atoms. The average Bonchev–Trinajstić information content (AvgIpc) is 3.13. The van der Waals surface area contributed by atoms with Gasteiger partial charge < -0.3 is 30.1 Å². The van der Waals surface area contributed by atoms with Crippen molar-refractivity contribution in [2.75, 3.05) is 44.0 Å². The van der Waals surface area contributed by atoms with Crippen molar-refractivity contribution in [3.05, 3.63) is 95.5 Å². The molecule has 3 amide bonds. The van der Waals surface area contributed by atoms with Crippen LogP contribution in [0.25, 0.3) is 10.8 Å². The third kappa shape index (κ3) is 9.61. The average molecular weight is 751 g/mol. The molecule has 4 atom stereocenters. The number of ether oxygens (including phenoxy) is 2. The highest BCUT2D eigenvalue weighted by molar-refractivity contribution is 7.89. The van der Waals surface area contributed by atoms with Crippen LogP contribution in [0.5, 0.6) is 5.75 Å². The summed E-state index contributed by atoms with van der Waals surface area (Å²) in [5.41, 5.74) is 1.24. The molecule has 0 aliphatic carbocycles. The molecule has 0 unspecified atom stereocenters. The lowest BCUT2D eigenvalue weighted by Gasteiger charge is -2.35. The zero-order valence-corrected chi connectivity index (χ0v) is 31.5. The number of sulfonamides is 1. The Kier molecular flexibility index (Phi) is 13.2. The summed E-state index contributed by atoms with van der Waals surface area (Å²) in [4.78, 5) is 29.4. The molecule has 5 rings (SSSR count). The minimum atomic E-state index is -3.86. The van der Waals surface area contributed by atoms with Gasteiger partial charge in [-0.25, -0.2) is 13.2 Å². The van der Waals surface area contributed by atoms with Crippen molar-refractivity contribution in [3.8, 4) is 5.75 Å². The third-order valence-electron chi connectivity index (χ3n) is 9.31. The number of likely N-dealkylation sites (N-methyl/N-ethyl adjacent to an activating group) is 1. The lowest BCUT2D eigenvalue weighted by Crippen LogP contribution is -2.48. The van der Waals surface area contributed by atoms with Gasteiger partial charge in [0.25, 0.3) is 5.91 Å². The third-order valence-corrected chi connectivity index (χ3v) is 11.4. The largest absolute Gasteiger partial charge is 0.490 e. The number of urea groups is 1. The molecule has 1 aliphatic heterocycles. The first-order valence-corrected chi connectivity index (χ1v) is 19.3. The number of amides is 3. The van der Waals surface area contributed by atoms with Crippen LogP contribution in [0.3, 0.4) is 0 Å². The fourth-order valence-electron chi connectivity index (χ4n) is 6.22. The van der Waals surface area contributed by atoms with E-state index in [-0.39, 0.29) is 42.2 Å². The molecule has 0 saturated heterocycles. The van der Waals surface area contributed by atoms with E-state index < -0.39 is 34.1 Å². The maximum Gasteiger partial charge on any atom is 0.323 e. The van der Waals surface area contributed by atoms with Gasteiger partial charge >= 0.3 is 6.03 Å². The van der Waals surface area contributed by atoms with Crippen LogP contribution >= 0.6 is 11.6 Å². The lowest BCUT2D eigenvalue weighted by molar-refractivity contribution is -0.00833. The van der Waals surface area contributed by atoms with Crippen molar-refractivity contribution in [2.45, 2.75) is 63.2 Å². The van der Waals surface area contributed by atoms with Gasteiger partial charge in [0.15, 0.2) is 0 Å². The number of aliphatic hydroxyl groups excluding tert-OH is 1. The molecule has 4 aromatic carbocycles. The molecule has 0 fully saturated rings. The molecule has 13 heteroatoms. The van der Waals surface area contributed by atoms with Gasteiger partial charge in [0.1, 0.15) is 5.75 Å². The zero-order chi connectivity index (χ0) is 37.4. The van der Waals surface area contributed by atoms with E-state index in [2.05, 4.69) is 10.6 Å². The Hall–Kier alpha value is -4.20. The Morgan fingerprint density at radius 3 is 2.50 bits per heavy atom. The number of carbonyl (C=O) groups excluding carboxylic acids is 2. The molecule has 278 valence electrons. The predicted molar refractivity (Wildman–Crippen MR) is 205 cm³/mol. The monoisotopic (exact) mass is 750 g/mol. The highest BCUT2D eigenvalue weighted by atomic mass is 35.5. The van der Waals surface area contributed by atoms with Crippen molar-refractivity contribution in [2.24, 2.45) is 5.92 Å². The van der Waals surface area contributed by atoms with Gasteiger partial charge in [0, 0.05) is 48.8 Å². The number of anilines is 2. The number of hydrogen-bond acceptors (Lipinski definition) is 7. The predicted octanol–water partition coefficient (Wildman–Crippen LogP) is 7.25.